The lowest BCUT2D eigenvalue weighted by atomic mass is 10.1. The van der Waals surface area contributed by atoms with Gasteiger partial charge in [-0.2, -0.15) is 4.31 Å². The first kappa shape index (κ1) is 28.3. The number of aromatic nitrogens is 3. The second-order valence-electron chi connectivity index (χ2n) is 10.8. The molecule has 2 N–H and O–H groups in total. The summed E-state index contributed by atoms with van der Waals surface area (Å²) in [5.74, 6) is 0.403. The third kappa shape index (κ3) is 6.93. The molecular weight excluding hydrogens is 540 g/mol. The Balaban J connectivity index is 1.19. The van der Waals surface area contributed by atoms with Crippen molar-refractivity contribution >= 4 is 50.8 Å². The van der Waals surface area contributed by atoms with Crippen LogP contribution < -0.4 is 5.32 Å². The SMILES string of the molecule is CC(C)(C)OC(=O)N1CCCN(S(=O)(=O)c2ccc(Nc3ncc(C=Cc4cccc5[nH]ccc45)cn3)cc2)CC1. The van der Waals surface area contributed by atoms with Gasteiger partial charge in [0.15, 0.2) is 0 Å². The number of amides is 1. The topological polar surface area (TPSA) is 121 Å². The monoisotopic (exact) mass is 574 g/mol. The number of fused-ring (bicyclic) bond motifs is 1. The summed E-state index contributed by atoms with van der Waals surface area (Å²) in [7, 11) is -3.72. The van der Waals surface area contributed by atoms with Crippen molar-refractivity contribution in [3.63, 3.8) is 0 Å². The zero-order valence-electron chi connectivity index (χ0n) is 23.4. The average molecular weight is 575 g/mol. The van der Waals surface area contributed by atoms with Gasteiger partial charge in [0.05, 0.1) is 4.90 Å². The summed E-state index contributed by atoms with van der Waals surface area (Å²) >= 11 is 0. The van der Waals surface area contributed by atoms with Crippen molar-refractivity contribution in [2.24, 2.45) is 0 Å². The Morgan fingerprint density at radius 1 is 0.976 bits per heavy atom. The minimum atomic E-state index is -3.72. The number of sulfonamides is 1. The fraction of sp³-hybridized carbons (Fsp3) is 0.300. The number of benzene rings is 2. The lowest BCUT2D eigenvalue weighted by Gasteiger charge is -2.26. The molecule has 4 aromatic rings. The second-order valence-corrected chi connectivity index (χ2v) is 12.8. The number of hydrogen-bond donors (Lipinski definition) is 2. The van der Waals surface area contributed by atoms with Crippen LogP contribution in [0.1, 0.15) is 38.3 Å². The van der Waals surface area contributed by atoms with Gasteiger partial charge in [-0.15, -0.1) is 0 Å². The lowest BCUT2D eigenvalue weighted by Crippen LogP contribution is -2.40. The molecule has 11 heteroatoms. The van der Waals surface area contributed by atoms with Crippen LogP contribution in [0.15, 0.2) is 72.0 Å². The number of anilines is 2. The first-order valence-electron chi connectivity index (χ1n) is 13.5. The van der Waals surface area contributed by atoms with E-state index in [-0.39, 0.29) is 18.0 Å². The highest BCUT2D eigenvalue weighted by Gasteiger charge is 2.30. The van der Waals surface area contributed by atoms with E-state index in [1.807, 2.05) is 57.3 Å². The van der Waals surface area contributed by atoms with Crippen LogP contribution in [-0.4, -0.2) is 70.4 Å². The Kier molecular flexibility index (Phi) is 8.09. The van der Waals surface area contributed by atoms with Crippen molar-refractivity contribution in [1.29, 1.82) is 0 Å². The highest BCUT2D eigenvalue weighted by Crippen LogP contribution is 2.23. The molecule has 1 saturated heterocycles. The molecule has 2 aromatic carbocycles. The molecule has 0 saturated carbocycles. The molecule has 0 radical (unpaired) electrons. The maximum Gasteiger partial charge on any atom is 0.410 e. The Bertz CT molecular complexity index is 1640. The van der Waals surface area contributed by atoms with E-state index in [2.05, 4.69) is 26.3 Å². The van der Waals surface area contributed by atoms with E-state index in [9.17, 15) is 13.2 Å². The molecule has 1 fully saturated rings. The first-order valence-corrected chi connectivity index (χ1v) is 14.9. The van der Waals surface area contributed by atoms with E-state index in [1.165, 1.54) is 4.31 Å². The fourth-order valence-corrected chi connectivity index (χ4v) is 6.03. The molecule has 5 rings (SSSR count). The summed E-state index contributed by atoms with van der Waals surface area (Å²) < 4.78 is 33.5. The van der Waals surface area contributed by atoms with Crippen LogP contribution in [-0.2, 0) is 14.8 Å². The predicted octanol–water partition coefficient (Wildman–Crippen LogP) is 5.50. The molecule has 214 valence electrons. The van der Waals surface area contributed by atoms with Crippen molar-refractivity contribution in [2.45, 2.75) is 37.7 Å². The predicted molar refractivity (Wildman–Crippen MR) is 160 cm³/mol. The lowest BCUT2D eigenvalue weighted by molar-refractivity contribution is 0.0260. The number of hydrogen-bond acceptors (Lipinski definition) is 7. The van der Waals surface area contributed by atoms with Gasteiger partial charge in [0.25, 0.3) is 0 Å². The maximum absolute atomic E-state index is 13.3. The molecule has 0 spiro atoms. The highest BCUT2D eigenvalue weighted by molar-refractivity contribution is 7.89. The molecule has 1 amide bonds. The van der Waals surface area contributed by atoms with Crippen LogP contribution in [0.2, 0.25) is 0 Å². The third-order valence-electron chi connectivity index (χ3n) is 6.61. The van der Waals surface area contributed by atoms with Gasteiger partial charge in [-0.05, 0) is 69.2 Å². The average Bonchev–Trinajstić information content (AvgIpc) is 3.28. The quantitative estimate of drug-likeness (QED) is 0.312. The van der Waals surface area contributed by atoms with Gasteiger partial charge in [-0.3, -0.25) is 0 Å². The number of nitrogens with zero attached hydrogens (tertiary/aromatic N) is 4. The third-order valence-corrected chi connectivity index (χ3v) is 8.52. The van der Waals surface area contributed by atoms with E-state index in [4.69, 9.17) is 4.74 Å². The largest absolute Gasteiger partial charge is 0.444 e. The number of nitrogens with one attached hydrogen (secondary N) is 2. The second kappa shape index (κ2) is 11.7. The standard InChI is InChI=1S/C30H34N6O4S/c1-30(2,3)40-29(37)35-16-5-17-36(19-18-35)41(38,39)25-12-10-24(11-13-25)34-28-32-20-22(21-33-28)8-9-23-6-4-7-27-26(23)14-15-31-27/h4,6-15,20-21,31H,5,16-19H2,1-3H3,(H,32,33,34). The highest BCUT2D eigenvalue weighted by atomic mass is 32.2. The summed E-state index contributed by atoms with van der Waals surface area (Å²) in [5.41, 5.74) is 3.10. The summed E-state index contributed by atoms with van der Waals surface area (Å²) in [6.07, 6.45) is 9.46. The number of carbonyl (C=O) groups is 1. The van der Waals surface area contributed by atoms with Crippen LogP contribution in [0.5, 0.6) is 0 Å². The molecule has 41 heavy (non-hydrogen) atoms. The summed E-state index contributed by atoms with van der Waals surface area (Å²) in [6.45, 7) is 6.69. The van der Waals surface area contributed by atoms with Crippen LogP contribution in [0.3, 0.4) is 0 Å². The van der Waals surface area contributed by atoms with Crippen molar-refractivity contribution < 1.29 is 17.9 Å². The molecule has 2 aromatic heterocycles. The number of carbonyl (C=O) groups excluding carboxylic acids is 1. The van der Waals surface area contributed by atoms with E-state index in [0.29, 0.717) is 31.1 Å². The van der Waals surface area contributed by atoms with Gasteiger partial charge in [-0.1, -0.05) is 24.3 Å². The summed E-state index contributed by atoms with van der Waals surface area (Å²) in [5, 5.41) is 4.26. The normalized spacial score (nSPS) is 15.2. The molecule has 0 atom stereocenters. The smallest absolute Gasteiger partial charge is 0.410 e. The molecule has 0 aliphatic carbocycles. The van der Waals surface area contributed by atoms with Gasteiger partial charge >= 0.3 is 6.09 Å². The Morgan fingerprint density at radius 3 is 2.46 bits per heavy atom. The Hall–Kier alpha value is -4.22. The zero-order valence-corrected chi connectivity index (χ0v) is 24.2. The molecule has 0 unspecified atom stereocenters. The van der Waals surface area contributed by atoms with Gasteiger partial charge in [0.2, 0.25) is 16.0 Å². The minimum absolute atomic E-state index is 0.188. The number of aromatic amines is 1. The van der Waals surface area contributed by atoms with E-state index in [1.54, 1.807) is 41.6 Å². The van der Waals surface area contributed by atoms with Crippen molar-refractivity contribution in [2.75, 3.05) is 31.5 Å². The molecular formula is C30H34N6O4S. The summed E-state index contributed by atoms with van der Waals surface area (Å²) in [4.78, 5) is 26.2. The zero-order chi connectivity index (χ0) is 29.0. The molecule has 0 bridgehead atoms. The Labute approximate surface area is 240 Å². The number of rotatable bonds is 6. The van der Waals surface area contributed by atoms with Crippen molar-refractivity contribution in [3.8, 4) is 0 Å². The Morgan fingerprint density at radius 2 is 1.73 bits per heavy atom. The first-order chi connectivity index (χ1) is 19.6. The molecule has 1 aliphatic heterocycles. The van der Waals surface area contributed by atoms with Crippen LogP contribution in [0, 0.1) is 0 Å². The van der Waals surface area contributed by atoms with E-state index in [0.717, 1.165) is 22.0 Å². The van der Waals surface area contributed by atoms with Gasteiger partial charge in [0, 0.05) is 66.9 Å². The molecule has 10 nitrogen and oxygen atoms in total. The van der Waals surface area contributed by atoms with E-state index < -0.39 is 21.7 Å². The molecule has 1 aliphatic rings. The molecule has 3 heterocycles. The van der Waals surface area contributed by atoms with Gasteiger partial charge in [-0.25, -0.2) is 23.2 Å². The van der Waals surface area contributed by atoms with Crippen molar-refractivity contribution in [1.82, 2.24) is 24.2 Å². The fourth-order valence-electron chi connectivity index (χ4n) is 4.56. The van der Waals surface area contributed by atoms with Crippen LogP contribution in [0.4, 0.5) is 16.4 Å². The van der Waals surface area contributed by atoms with Crippen LogP contribution in [0.25, 0.3) is 23.1 Å². The van der Waals surface area contributed by atoms with E-state index >= 15 is 0 Å². The number of ether oxygens (including phenoxy) is 1. The van der Waals surface area contributed by atoms with Crippen molar-refractivity contribution in [3.05, 3.63) is 78.2 Å². The minimum Gasteiger partial charge on any atom is -0.444 e. The van der Waals surface area contributed by atoms with Crippen LogP contribution >= 0.6 is 0 Å². The van der Waals surface area contributed by atoms with Gasteiger partial charge in [0.1, 0.15) is 5.60 Å². The van der Waals surface area contributed by atoms with Gasteiger partial charge < -0.3 is 19.9 Å². The summed E-state index contributed by atoms with van der Waals surface area (Å²) in [6, 6.07) is 14.6. The number of H-pyrrole nitrogens is 1. The maximum atomic E-state index is 13.3.